The number of aliphatic hydroxyl groups excluding tert-OH is 2. The van der Waals surface area contributed by atoms with Crippen LogP contribution in [0.25, 0.3) is 21.9 Å². The lowest BCUT2D eigenvalue weighted by molar-refractivity contribution is -0.146. The molecular formula is C28H26N4O10. The van der Waals surface area contributed by atoms with Gasteiger partial charge in [0, 0.05) is 0 Å². The topological polar surface area (TPSA) is 224 Å². The number of nitrogens with zero attached hydrogens (tertiary/aromatic N) is 2. The van der Waals surface area contributed by atoms with Crippen molar-refractivity contribution < 1.29 is 38.8 Å². The standard InChI is InChI=1S/C28H26N4O10/c1-11-5-7-17-15(9-11)21(33)19(27(39)41-17)13(3)29-31-25(37)23(35)24(36)26(38)32-30-14(4)20-22(34)16-10-12(2)6-8-18(16)42-28(20)40/h5-10,23-24,33-36H,1-4H3,(H,31,37)(H,32,38)/b29-13+,30-14+. The Morgan fingerprint density at radius 3 is 1.43 bits per heavy atom. The molecule has 2 atom stereocenters. The number of nitrogens with one attached hydrogen (secondary N) is 2. The number of carbonyl (C=O) groups excluding carboxylic acids is 2. The molecule has 6 N–H and O–H groups in total. The molecule has 2 amide bonds. The fourth-order valence-corrected chi connectivity index (χ4v) is 4.05. The summed E-state index contributed by atoms with van der Waals surface area (Å²) >= 11 is 0. The lowest BCUT2D eigenvalue weighted by atomic mass is 10.1. The lowest BCUT2D eigenvalue weighted by Crippen LogP contribution is -2.48. The van der Waals surface area contributed by atoms with Gasteiger partial charge in [0.15, 0.2) is 12.2 Å². The number of aromatic hydroxyl groups is 2. The van der Waals surface area contributed by atoms with Crippen LogP contribution in [-0.2, 0) is 9.59 Å². The van der Waals surface area contributed by atoms with E-state index in [-0.39, 0.29) is 44.5 Å². The van der Waals surface area contributed by atoms with Crippen molar-refractivity contribution in [2.24, 2.45) is 10.2 Å². The van der Waals surface area contributed by atoms with Gasteiger partial charge in [-0.1, -0.05) is 23.3 Å². The summed E-state index contributed by atoms with van der Waals surface area (Å²) in [7, 11) is 0. The van der Waals surface area contributed by atoms with E-state index >= 15 is 0 Å². The van der Waals surface area contributed by atoms with Gasteiger partial charge in [-0.25, -0.2) is 20.4 Å². The largest absolute Gasteiger partial charge is 0.506 e. The maximum Gasteiger partial charge on any atom is 0.349 e. The molecule has 0 bridgehead atoms. The summed E-state index contributed by atoms with van der Waals surface area (Å²) in [6, 6.07) is 9.57. The van der Waals surface area contributed by atoms with Crippen molar-refractivity contribution in [2.45, 2.75) is 39.9 Å². The maximum atomic E-state index is 12.4. The Morgan fingerprint density at radius 2 is 1.07 bits per heavy atom. The average molecular weight is 579 g/mol. The molecule has 0 saturated carbocycles. The van der Waals surface area contributed by atoms with E-state index in [4.69, 9.17) is 8.83 Å². The number of amides is 2. The van der Waals surface area contributed by atoms with Crippen LogP contribution in [0.3, 0.4) is 0 Å². The highest BCUT2D eigenvalue weighted by Crippen LogP contribution is 2.28. The van der Waals surface area contributed by atoms with Crippen LogP contribution in [0.4, 0.5) is 0 Å². The summed E-state index contributed by atoms with van der Waals surface area (Å²) in [5.74, 6) is -3.53. The number of benzene rings is 2. The van der Waals surface area contributed by atoms with E-state index in [0.717, 1.165) is 11.1 Å². The molecule has 14 heteroatoms. The molecule has 14 nitrogen and oxygen atoms in total. The van der Waals surface area contributed by atoms with Crippen LogP contribution in [0.15, 0.2) is 65.0 Å². The van der Waals surface area contributed by atoms with Gasteiger partial charge in [0.1, 0.15) is 33.8 Å². The second-order valence-corrected chi connectivity index (χ2v) is 9.46. The quantitative estimate of drug-likeness (QED) is 0.104. The Morgan fingerprint density at radius 1 is 0.714 bits per heavy atom. The zero-order valence-electron chi connectivity index (χ0n) is 22.8. The fraction of sp³-hybridized carbons (Fsp3) is 0.214. The highest BCUT2D eigenvalue weighted by Gasteiger charge is 2.31. The van der Waals surface area contributed by atoms with Gasteiger partial charge in [-0.3, -0.25) is 9.59 Å². The Hall–Kier alpha value is -5.34. The molecule has 0 spiro atoms. The summed E-state index contributed by atoms with van der Waals surface area (Å²) in [6.07, 6.45) is -4.69. The molecule has 0 fully saturated rings. The van der Waals surface area contributed by atoms with Gasteiger partial charge < -0.3 is 29.3 Å². The molecular weight excluding hydrogens is 552 g/mol. The average Bonchev–Trinajstić information content (AvgIpc) is 2.94. The summed E-state index contributed by atoms with van der Waals surface area (Å²) in [5.41, 5.74) is 2.71. The molecule has 0 aliphatic carbocycles. The van der Waals surface area contributed by atoms with E-state index in [1.165, 1.54) is 26.0 Å². The van der Waals surface area contributed by atoms with Crippen molar-refractivity contribution in [3.8, 4) is 11.5 Å². The Bertz CT molecular complexity index is 1780. The molecule has 2 unspecified atom stereocenters. The molecule has 2 aromatic heterocycles. The fourth-order valence-electron chi connectivity index (χ4n) is 4.05. The minimum Gasteiger partial charge on any atom is -0.506 e. The van der Waals surface area contributed by atoms with Crippen LogP contribution in [0, 0.1) is 13.8 Å². The maximum absolute atomic E-state index is 12.4. The van der Waals surface area contributed by atoms with E-state index in [0.29, 0.717) is 0 Å². The molecule has 0 saturated heterocycles. The Balaban J connectivity index is 1.47. The van der Waals surface area contributed by atoms with Crippen molar-refractivity contribution >= 4 is 45.2 Å². The van der Waals surface area contributed by atoms with E-state index in [2.05, 4.69) is 10.2 Å². The van der Waals surface area contributed by atoms with Crippen molar-refractivity contribution in [1.82, 2.24) is 10.9 Å². The van der Waals surface area contributed by atoms with Gasteiger partial charge in [0.25, 0.3) is 11.8 Å². The molecule has 2 heterocycles. The second kappa shape index (κ2) is 11.6. The van der Waals surface area contributed by atoms with Crippen molar-refractivity contribution in [2.75, 3.05) is 0 Å². The molecule has 42 heavy (non-hydrogen) atoms. The van der Waals surface area contributed by atoms with E-state index in [1.54, 1.807) is 38.1 Å². The molecule has 2 aromatic carbocycles. The predicted molar refractivity (Wildman–Crippen MR) is 150 cm³/mol. The summed E-state index contributed by atoms with van der Waals surface area (Å²) in [6.45, 7) is 6.10. The van der Waals surface area contributed by atoms with E-state index < -0.39 is 46.8 Å². The van der Waals surface area contributed by atoms with Crippen LogP contribution in [0.5, 0.6) is 11.5 Å². The third-order valence-corrected chi connectivity index (χ3v) is 6.30. The van der Waals surface area contributed by atoms with Gasteiger partial charge in [-0.05, 0) is 52.0 Å². The number of hydrogen-bond acceptors (Lipinski definition) is 12. The summed E-state index contributed by atoms with van der Waals surface area (Å²) < 4.78 is 10.4. The highest BCUT2D eigenvalue weighted by atomic mass is 16.4. The minimum atomic E-state index is -2.34. The van der Waals surface area contributed by atoms with Crippen LogP contribution in [-0.4, -0.2) is 55.9 Å². The smallest absolute Gasteiger partial charge is 0.349 e. The first kappa shape index (κ1) is 29.6. The number of fused-ring (bicyclic) bond motifs is 2. The van der Waals surface area contributed by atoms with Crippen LogP contribution in [0.1, 0.15) is 36.1 Å². The number of carbonyl (C=O) groups is 2. The van der Waals surface area contributed by atoms with Crippen LogP contribution >= 0.6 is 0 Å². The first-order valence-corrected chi connectivity index (χ1v) is 12.4. The Kier molecular flexibility index (Phi) is 8.22. The minimum absolute atomic E-state index is 0.137. The molecule has 218 valence electrons. The summed E-state index contributed by atoms with van der Waals surface area (Å²) in [5, 5.41) is 49.3. The molecule has 0 radical (unpaired) electrons. The van der Waals surface area contributed by atoms with Crippen molar-refractivity contribution in [1.29, 1.82) is 0 Å². The van der Waals surface area contributed by atoms with Gasteiger partial charge in [-0.2, -0.15) is 10.2 Å². The number of hydrogen-bond donors (Lipinski definition) is 6. The number of aryl methyl sites for hydroxylation is 2. The van der Waals surface area contributed by atoms with E-state index in [9.17, 15) is 39.6 Å². The van der Waals surface area contributed by atoms with Crippen molar-refractivity contribution in [3.05, 3.63) is 79.5 Å². The van der Waals surface area contributed by atoms with Crippen LogP contribution < -0.4 is 22.1 Å². The SMILES string of the molecule is C/C(=N\NC(=O)C(O)C(O)C(=O)N/N=C(\C)c1c(O)c2cc(C)ccc2oc1=O)c1c(O)c2cc(C)ccc2oc1=O. The predicted octanol–water partition coefficient (Wildman–Crippen LogP) is 1.03. The van der Waals surface area contributed by atoms with Gasteiger partial charge in [0.2, 0.25) is 0 Å². The number of rotatable bonds is 7. The van der Waals surface area contributed by atoms with Gasteiger partial charge >= 0.3 is 11.3 Å². The molecule has 0 aliphatic rings. The summed E-state index contributed by atoms with van der Waals surface area (Å²) in [4.78, 5) is 49.5. The normalized spacial score (nSPS) is 13.7. The Labute approximate surface area is 236 Å². The van der Waals surface area contributed by atoms with Crippen molar-refractivity contribution in [3.63, 3.8) is 0 Å². The zero-order valence-corrected chi connectivity index (χ0v) is 22.8. The molecule has 0 aliphatic heterocycles. The second-order valence-electron chi connectivity index (χ2n) is 9.46. The highest BCUT2D eigenvalue weighted by molar-refractivity contribution is 6.06. The number of hydrazone groups is 2. The lowest BCUT2D eigenvalue weighted by Gasteiger charge is -2.15. The number of aliphatic hydroxyl groups is 2. The monoisotopic (exact) mass is 578 g/mol. The first-order chi connectivity index (χ1) is 19.8. The zero-order chi connectivity index (χ0) is 30.9. The third-order valence-electron chi connectivity index (χ3n) is 6.30. The van der Waals surface area contributed by atoms with Crippen LogP contribution in [0.2, 0.25) is 0 Å². The van der Waals surface area contributed by atoms with Gasteiger partial charge in [-0.15, -0.1) is 0 Å². The first-order valence-electron chi connectivity index (χ1n) is 12.4. The molecule has 4 aromatic rings. The third kappa shape index (κ3) is 5.75. The molecule has 4 rings (SSSR count). The van der Waals surface area contributed by atoms with E-state index in [1.807, 2.05) is 10.9 Å². The van der Waals surface area contributed by atoms with Gasteiger partial charge in [0.05, 0.1) is 22.2 Å².